The fourth-order valence-electron chi connectivity index (χ4n) is 3.63. The van der Waals surface area contributed by atoms with Crippen molar-refractivity contribution in [3.05, 3.63) is 41.5 Å². The lowest BCUT2D eigenvalue weighted by Gasteiger charge is -2.26. The quantitative estimate of drug-likeness (QED) is 0.179. The summed E-state index contributed by atoms with van der Waals surface area (Å²) in [6.07, 6.45) is 2.40. The van der Waals surface area contributed by atoms with Crippen molar-refractivity contribution >= 4 is 29.7 Å². The van der Waals surface area contributed by atoms with E-state index in [4.69, 9.17) is 4.74 Å². The van der Waals surface area contributed by atoms with Gasteiger partial charge in [0.25, 0.3) is 5.91 Å². The summed E-state index contributed by atoms with van der Waals surface area (Å²) in [5.41, 5.74) is 0.510. The van der Waals surface area contributed by atoms with Crippen molar-refractivity contribution in [2.45, 2.75) is 72.5 Å². The fraction of sp³-hybridized carbons (Fsp3) is 0.519. The van der Waals surface area contributed by atoms with Crippen LogP contribution in [0.15, 0.2) is 30.4 Å². The SMILES string of the molecule is CCOC(=O)/C=C/[C@H](CC(C)C)NC(=O)[C@H](CC(=O)O)NC(=O)[C@@H](NC(=O)c1cccc(O)c1C)C(C)C. The minimum absolute atomic E-state index is 0.0747. The van der Waals surface area contributed by atoms with E-state index in [1.807, 2.05) is 13.8 Å². The maximum atomic E-state index is 13.1. The number of benzene rings is 1. The zero-order valence-corrected chi connectivity index (χ0v) is 22.7. The maximum Gasteiger partial charge on any atom is 0.330 e. The summed E-state index contributed by atoms with van der Waals surface area (Å²) in [6, 6.07) is 1.28. The van der Waals surface area contributed by atoms with Gasteiger partial charge in [-0.15, -0.1) is 0 Å². The molecule has 38 heavy (non-hydrogen) atoms. The standard InChI is InChI=1S/C27H39N3O8/c1-7-38-23(34)12-11-18(13-15(2)3)28-26(36)20(14-22(32)33)29-27(37)24(16(4)5)30-25(35)19-9-8-10-21(31)17(19)6/h8-12,15-16,18,20,24,31H,7,13-14H2,1-6H3,(H,28,36)(H,29,37)(H,30,35)(H,32,33)/b12-11+/t18-,20+,24+/m1/s1. The van der Waals surface area contributed by atoms with Crippen LogP contribution in [0.5, 0.6) is 5.75 Å². The molecule has 5 N–H and O–H groups in total. The second-order valence-corrected chi connectivity index (χ2v) is 9.66. The van der Waals surface area contributed by atoms with E-state index in [1.165, 1.54) is 30.4 Å². The number of carbonyl (C=O) groups excluding carboxylic acids is 4. The highest BCUT2D eigenvalue weighted by molar-refractivity contribution is 6.00. The molecule has 11 nitrogen and oxygen atoms in total. The van der Waals surface area contributed by atoms with E-state index >= 15 is 0 Å². The molecule has 1 aromatic carbocycles. The molecule has 11 heteroatoms. The molecule has 0 saturated carbocycles. The van der Waals surface area contributed by atoms with Gasteiger partial charge in [-0.3, -0.25) is 19.2 Å². The van der Waals surface area contributed by atoms with Gasteiger partial charge in [-0.05, 0) is 44.2 Å². The van der Waals surface area contributed by atoms with Crippen LogP contribution in [-0.2, 0) is 23.9 Å². The maximum absolute atomic E-state index is 13.1. The summed E-state index contributed by atoms with van der Waals surface area (Å²) in [4.78, 5) is 62.2. The Labute approximate surface area is 223 Å². The summed E-state index contributed by atoms with van der Waals surface area (Å²) in [7, 11) is 0. The van der Waals surface area contributed by atoms with Crippen LogP contribution in [-0.4, -0.2) is 64.6 Å². The third-order valence-electron chi connectivity index (χ3n) is 5.60. The van der Waals surface area contributed by atoms with Gasteiger partial charge < -0.3 is 30.9 Å². The van der Waals surface area contributed by atoms with E-state index in [0.29, 0.717) is 12.0 Å². The number of esters is 1. The first-order valence-electron chi connectivity index (χ1n) is 12.5. The molecule has 0 spiro atoms. The number of nitrogens with one attached hydrogen (secondary N) is 3. The van der Waals surface area contributed by atoms with Crippen LogP contribution < -0.4 is 16.0 Å². The number of hydrogen-bond donors (Lipinski definition) is 5. The Hall–Kier alpha value is -3.89. The first kappa shape index (κ1) is 32.1. The van der Waals surface area contributed by atoms with E-state index in [-0.39, 0.29) is 23.8 Å². The van der Waals surface area contributed by atoms with E-state index in [2.05, 4.69) is 16.0 Å². The highest BCUT2D eigenvalue weighted by Gasteiger charge is 2.31. The van der Waals surface area contributed by atoms with Gasteiger partial charge in [0.15, 0.2) is 0 Å². The van der Waals surface area contributed by atoms with Crippen molar-refractivity contribution < 1.29 is 38.9 Å². The minimum Gasteiger partial charge on any atom is -0.508 e. The van der Waals surface area contributed by atoms with Gasteiger partial charge in [0.05, 0.1) is 13.0 Å². The normalized spacial score (nSPS) is 13.6. The molecule has 0 heterocycles. The molecule has 3 amide bonds. The number of carbonyl (C=O) groups is 5. The van der Waals surface area contributed by atoms with Crippen LogP contribution in [0.4, 0.5) is 0 Å². The van der Waals surface area contributed by atoms with Crippen LogP contribution in [0.3, 0.4) is 0 Å². The molecular formula is C27H39N3O8. The smallest absolute Gasteiger partial charge is 0.330 e. The number of aliphatic carboxylic acids is 1. The van der Waals surface area contributed by atoms with Crippen molar-refractivity contribution in [1.82, 2.24) is 16.0 Å². The summed E-state index contributed by atoms with van der Waals surface area (Å²) in [6.45, 7) is 10.6. The van der Waals surface area contributed by atoms with Crippen molar-refractivity contribution in [1.29, 1.82) is 0 Å². The van der Waals surface area contributed by atoms with Gasteiger partial charge in [0, 0.05) is 23.2 Å². The molecule has 0 saturated heterocycles. The number of rotatable bonds is 14. The zero-order chi connectivity index (χ0) is 29.0. The summed E-state index contributed by atoms with van der Waals surface area (Å²) >= 11 is 0. The molecule has 0 radical (unpaired) electrons. The summed E-state index contributed by atoms with van der Waals surface area (Å²) in [5.74, 6) is -4.35. The Bertz CT molecular complexity index is 1040. The summed E-state index contributed by atoms with van der Waals surface area (Å²) < 4.78 is 4.86. The van der Waals surface area contributed by atoms with Crippen LogP contribution >= 0.6 is 0 Å². The van der Waals surface area contributed by atoms with Gasteiger partial charge >= 0.3 is 11.9 Å². The monoisotopic (exact) mass is 533 g/mol. The highest BCUT2D eigenvalue weighted by Crippen LogP contribution is 2.20. The Morgan fingerprint density at radius 3 is 2.21 bits per heavy atom. The third-order valence-corrected chi connectivity index (χ3v) is 5.60. The fourth-order valence-corrected chi connectivity index (χ4v) is 3.63. The number of carboxylic acids is 1. The van der Waals surface area contributed by atoms with E-state index in [9.17, 15) is 34.2 Å². The number of amides is 3. The predicted molar refractivity (Wildman–Crippen MR) is 140 cm³/mol. The van der Waals surface area contributed by atoms with Crippen LogP contribution in [0, 0.1) is 18.8 Å². The molecule has 0 aliphatic heterocycles. The van der Waals surface area contributed by atoms with Crippen molar-refractivity contribution in [3.63, 3.8) is 0 Å². The third kappa shape index (κ3) is 10.6. The second kappa shape index (κ2) is 15.4. The average Bonchev–Trinajstić information content (AvgIpc) is 2.81. The van der Waals surface area contributed by atoms with E-state index in [0.717, 1.165) is 0 Å². The number of aromatic hydroxyl groups is 1. The van der Waals surface area contributed by atoms with Crippen LogP contribution in [0.1, 0.15) is 63.4 Å². The summed E-state index contributed by atoms with van der Waals surface area (Å²) in [5, 5.41) is 27.0. The number of phenols is 1. The van der Waals surface area contributed by atoms with Gasteiger partial charge in [-0.25, -0.2) is 4.79 Å². The molecule has 0 aromatic heterocycles. The molecule has 1 rings (SSSR count). The van der Waals surface area contributed by atoms with Crippen molar-refractivity contribution in [3.8, 4) is 5.75 Å². The molecule has 1 aromatic rings. The van der Waals surface area contributed by atoms with Gasteiger partial charge in [0.1, 0.15) is 17.8 Å². The average molecular weight is 534 g/mol. The highest BCUT2D eigenvalue weighted by atomic mass is 16.5. The molecule has 0 aliphatic rings. The Morgan fingerprint density at radius 2 is 1.66 bits per heavy atom. The lowest BCUT2D eigenvalue weighted by molar-refractivity contribution is -0.141. The molecule has 0 bridgehead atoms. The number of carboxylic acid groups (broad SMARTS) is 1. The number of phenolic OH excluding ortho intramolecular Hbond substituents is 1. The number of ether oxygens (including phenoxy) is 1. The van der Waals surface area contributed by atoms with Crippen molar-refractivity contribution in [2.24, 2.45) is 11.8 Å². The van der Waals surface area contributed by atoms with Crippen molar-refractivity contribution in [2.75, 3.05) is 6.61 Å². The molecule has 0 fully saturated rings. The van der Waals surface area contributed by atoms with Crippen LogP contribution in [0.2, 0.25) is 0 Å². The largest absolute Gasteiger partial charge is 0.508 e. The lowest BCUT2D eigenvalue weighted by atomic mass is 10.00. The molecular weight excluding hydrogens is 494 g/mol. The van der Waals surface area contributed by atoms with Gasteiger partial charge in [0.2, 0.25) is 11.8 Å². The lowest BCUT2D eigenvalue weighted by Crippen LogP contribution is -2.56. The predicted octanol–water partition coefficient (Wildman–Crippen LogP) is 2.06. The van der Waals surface area contributed by atoms with Gasteiger partial charge in [-0.1, -0.05) is 39.8 Å². The second-order valence-electron chi connectivity index (χ2n) is 9.66. The first-order chi connectivity index (χ1) is 17.8. The zero-order valence-electron chi connectivity index (χ0n) is 22.7. The van der Waals surface area contributed by atoms with E-state index < -0.39 is 60.1 Å². The molecule has 3 atom stereocenters. The molecule has 210 valence electrons. The Morgan fingerprint density at radius 1 is 1.00 bits per heavy atom. The minimum atomic E-state index is -1.44. The van der Waals surface area contributed by atoms with Gasteiger partial charge in [-0.2, -0.15) is 0 Å². The van der Waals surface area contributed by atoms with E-state index in [1.54, 1.807) is 27.7 Å². The Kier molecular flexibility index (Phi) is 13.0. The first-order valence-corrected chi connectivity index (χ1v) is 12.5. The number of hydrogen-bond acceptors (Lipinski definition) is 7. The topological polar surface area (TPSA) is 171 Å². The molecule has 0 unspecified atom stereocenters. The molecule has 0 aliphatic carbocycles. The Balaban J connectivity index is 3.09. The van der Waals surface area contributed by atoms with Crippen LogP contribution in [0.25, 0.3) is 0 Å².